The molecule has 0 saturated carbocycles. The van der Waals surface area contributed by atoms with Crippen LogP contribution in [0.1, 0.15) is 89.8 Å². The average molecular weight is 234 g/mol. The van der Waals surface area contributed by atoms with E-state index < -0.39 is 0 Å². The Hall–Kier alpha value is -0.780. The van der Waals surface area contributed by atoms with Gasteiger partial charge in [0.15, 0.2) is 0 Å². The van der Waals surface area contributed by atoms with E-state index in [-0.39, 0.29) is 0 Å². The second kappa shape index (κ2) is 7.53. The molecule has 0 atom stereocenters. The monoisotopic (exact) mass is 234 g/mol. The highest BCUT2D eigenvalue weighted by Gasteiger charge is 2.08. The summed E-state index contributed by atoms with van der Waals surface area (Å²) in [4.78, 5) is 0. The van der Waals surface area contributed by atoms with Crippen LogP contribution in [0.4, 0.5) is 0 Å². The van der Waals surface area contributed by atoms with E-state index >= 15 is 0 Å². The Morgan fingerprint density at radius 3 is 0.824 bits per heavy atom. The Kier molecular flexibility index (Phi) is 7.18. The molecule has 0 nitrogen and oxygen atoms in total. The van der Waals surface area contributed by atoms with Gasteiger partial charge in [0.05, 0.1) is 0 Å². The van der Waals surface area contributed by atoms with Gasteiger partial charge < -0.3 is 0 Å². The molecule has 1 aromatic carbocycles. The van der Waals surface area contributed by atoms with Gasteiger partial charge in [-0.1, -0.05) is 73.6 Å². The Balaban J connectivity index is 0.00000121. The number of benzene rings is 1. The number of hydrogen-bond acceptors (Lipinski definition) is 0. The third-order valence-corrected chi connectivity index (χ3v) is 3.00. The smallest absolute Gasteiger partial charge is 0.0219 e. The lowest BCUT2D eigenvalue weighted by Gasteiger charge is -2.16. The molecule has 0 aliphatic carbocycles. The Morgan fingerprint density at radius 1 is 0.529 bits per heavy atom. The van der Waals surface area contributed by atoms with Crippen molar-refractivity contribution in [3.63, 3.8) is 0 Å². The van der Waals surface area contributed by atoms with Crippen LogP contribution in [-0.4, -0.2) is 0 Å². The van der Waals surface area contributed by atoms with Gasteiger partial charge in [-0.15, -0.1) is 0 Å². The van der Waals surface area contributed by atoms with Crippen molar-refractivity contribution < 1.29 is 0 Å². The van der Waals surface area contributed by atoms with Crippen molar-refractivity contribution in [2.24, 2.45) is 0 Å². The van der Waals surface area contributed by atoms with Crippen LogP contribution >= 0.6 is 0 Å². The molecule has 1 rings (SSSR count). The second-order valence-corrected chi connectivity index (χ2v) is 5.40. The molecular formula is C17H30. The normalized spacial score (nSPS) is 10.8. The molecule has 0 heterocycles. The minimum atomic E-state index is 0.626. The van der Waals surface area contributed by atoms with E-state index in [2.05, 4.69) is 59.7 Å². The summed E-state index contributed by atoms with van der Waals surface area (Å²) >= 11 is 0. The third kappa shape index (κ3) is 4.93. The minimum Gasteiger partial charge on any atom is -0.0683 e. The molecule has 0 amide bonds. The molecular weight excluding hydrogens is 204 g/mol. The molecule has 0 unspecified atom stereocenters. The fourth-order valence-corrected chi connectivity index (χ4v) is 1.70. The van der Waals surface area contributed by atoms with Crippen molar-refractivity contribution in [3.05, 3.63) is 34.9 Å². The topological polar surface area (TPSA) is 0 Å². The zero-order valence-corrected chi connectivity index (χ0v) is 13.0. The third-order valence-electron chi connectivity index (χ3n) is 3.00. The zero-order chi connectivity index (χ0) is 13.6. The predicted molar refractivity (Wildman–Crippen MR) is 80.1 cm³/mol. The van der Waals surface area contributed by atoms with Crippen LogP contribution in [0.25, 0.3) is 0 Å². The molecule has 0 fully saturated rings. The second-order valence-electron chi connectivity index (χ2n) is 5.40. The van der Waals surface area contributed by atoms with Crippen molar-refractivity contribution in [2.45, 2.75) is 73.1 Å². The highest BCUT2D eigenvalue weighted by Crippen LogP contribution is 2.26. The van der Waals surface area contributed by atoms with Crippen LogP contribution in [-0.2, 0) is 0 Å². The average Bonchev–Trinajstić information content (AvgIpc) is 2.30. The number of hydrogen-bond donors (Lipinski definition) is 0. The fourth-order valence-electron chi connectivity index (χ4n) is 1.70. The minimum absolute atomic E-state index is 0.626. The molecule has 1 aromatic rings. The molecule has 0 aliphatic rings. The summed E-state index contributed by atoms with van der Waals surface area (Å²) in [6, 6.07) is 7.09. The van der Waals surface area contributed by atoms with Crippen LogP contribution in [0.3, 0.4) is 0 Å². The van der Waals surface area contributed by atoms with Crippen molar-refractivity contribution in [2.75, 3.05) is 0 Å². The molecule has 0 aromatic heterocycles. The van der Waals surface area contributed by atoms with Gasteiger partial charge in [-0.2, -0.15) is 0 Å². The Morgan fingerprint density at radius 2 is 0.706 bits per heavy atom. The molecule has 0 spiro atoms. The Labute approximate surface area is 108 Å². The first kappa shape index (κ1) is 16.2. The summed E-state index contributed by atoms with van der Waals surface area (Å²) in [7, 11) is 0. The molecule has 98 valence electrons. The first-order chi connectivity index (χ1) is 7.91. The standard InChI is InChI=1S/C15H24.C2H6/c1-10(2)13-7-14(11(3)4)9-15(8-13)12(5)6;1-2/h7-12H,1-6H3;1-2H3. The summed E-state index contributed by atoms with van der Waals surface area (Å²) in [5.41, 5.74) is 4.43. The lowest BCUT2D eigenvalue weighted by Crippen LogP contribution is -1.98. The van der Waals surface area contributed by atoms with Crippen molar-refractivity contribution in [1.29, 1.82) is 0 Å². The van der Waals surface area contributed by atoms with Gasteiger partial charge >= 0.3 is 0 Å². The largest absolute Gasteiger partial charge is 0.0683 e. The molecule has 0 N–H and O–H groups in total. The first-order valence-corrected chi connectivity index (χ1v) is 7.06. The summed E-state index contributed by atoms with van der Waals surface area (Å²) in [5, 5.41) is 0. The van der Waals surface area contributed by atoms with E-state index in [1.54, 1.807) is 0 Å². The predicted octanol–water partition coefficient (Wildman–Crippen LogP) is 6.08. The maximum atomic E-state index is 2.36. The molecule has 17 heavy (non-hydrogen) atoms. The van der Waals surface area contributed by atoms with Gasteiger partial charge in [-0.25, -0.2) is 0 Å². The van der Waals surface area contributed by atoms with Gasteiger partial charge in [0.1, 0.15) is 0 Å². The maximum Gasteiger partial charge on any atom is -0.0219 e. The van der Waals surface area contributed by atoms with Crippen molar-refractivity contribution >= 4 is 0 Å². The molecule has 0 saturated heterocycles. The Bertz CT molecular complexity index is 254. The lowest BCUT2D eigenvalue weighted by atomic mass is 9.90. The van der Waals surface area contributed by atoms with E-state index in [9.17, 15) is 0 Å². The van der Waals surface area contributed by atoms with Crippen LogP contribution < -0.4 is 0 Å². The van der Waals surface area contributed by atoms with E-state index in [1.807, 2.05) is 13.8 Å². The maximum absolute atomic E-state index is 2.36. The van der Waals surface area contributed by atoms with E-state index in [0.29, 0.717) is 17.8 Å². The summed E-state index contributed by atoms with van der Waals surface area (Å²) < 4.78 is 0. The van der Waals surface area contributed by atoms with E-state index in [4.69, 9.17) is 0 Å². The van der Waals surface area contributed by atoms with Crippen molar-refractivity contribution in [1.82, 2.24) is 0 Å². The van der Waals surface area contributed by atoms with E-state index in [1.165, 1.54) is 16.7 Å². The van der Waals surface area contributed by atoms with Crippen LogP contribution in [0.5, 0.6) is 0 Å². The SMILES string of the molecule is CC.CC(C)c1cc(C(C)C)cc(C(C)C)c1. The highest BCUT2D eigenvalue weighted by molar-refractivity contribution is 5.35. The van der Waals surface area contributed by atoms with Gasteiger partial charge in [0.2, 0.25) is 0 Å². The highest BCUT2D eigenvalue weighted by atomic mass is 14.1. The van der Waals surface area contributed by atoms with Gasteiger partial charge in [-0.05, 0) is 34.4 Å². The summed E-state index contributed by atoms with van der Waals surface area (Å²) in [6.45, 7) is 17.6. The summed E-state index contributed by atoms with van der Waals surface area (Å²) in [6.07, 6.45) is 0. The molecule has 0 heteroatoms. The molecule has 0 aliphatic heterocycles. The van der Waals surface area contributed by atoms with Gasteiger partial charge in [0.25, 0.3) is 0 Å². The first-order valence-electron chi connectivity index (χ1n) is 7.06. The van der Waals surface area contributed by atoms with Gasteiger partial charge in [0, 0.05) is 0 Å². The fraction of sp³-hybridized carbons (Fsp3) is 0.647. The van der Waals surface area contributed by atoms with Crippen molar-refractivity contribution in [3.8, 4) is 0 Å². The van der Waals surface area contributed by atoms with E-state index in [0.717, 1.165) is 0 Å². The summed E-state index contributed by atoms with van der Waals surface area (Å²) in [5.74, 6) is 1.88. The lowest BCUT2D eigenvalue weighted by molar-refractivity contribution is 0.804. The molecule has 0 radical (unpaired) electrons. The number of rotatable bonds is 3. The molecule has 0 bridgehead atoms. The van der Waals surface area contributed by atoms with Gasteiger partial charge in [-0.3, -0.25) is 0 Å². The van der Waals surface area contributed by atoms with Crippen LogP contribution in [0.15, 0.2) is 18.2 Å². The van der Waals surface area contributed by atoms with Crippen LogP contribution in [0, 0.1) is 0 Å². The van der Waals surface area contributed by atoms with Crippen LogP contribution in [0.2, 0.25) is 0 Å². The quantitative estimate of drug-likeness (QED) is 0.594. The zero-order valence-electron chi connectivity index (χ0n) is 13.0.